The van der Waals surface area contributed by atoms with E-state index in [2.05, 4.69) is 98.1 Å². The Morgan fingerprint density at radius 1 is 0.880 bits per heavy atom. The van der Waals surface area contributed by atoms with Gasteiger partial charge in [-0.2, -0.15) is 0 Å². The molecule has 5 rings (SSSR count). The third-order valence-corrected chi connectivity index (χ3v) is 5.71. The van der Waals surface area contributed by atoms with Crippen molar-refractivity contribution in [3.05, 3.63) is 101 Å². The molecule has 0 saturated heterocycles. The number of hydrogen-bond acceptors (Lipinski definition) is 1. The molecule has 0 fully saturated rings. The van der Waals surface area contributed by atoms with Crippen LogP contribution in [0, 0.1) is 0 Å². The lowest BCUT2D eigenvalue weighted by atomic mass is 9.81. The molecule has 0 bridgehead atoms. The fourth-order valence-corrected chi connectivity index (χ4v) is 4.29. The summed E-state index contributed by atoms with van der Waals surface area (Å²) in [6, 6.07) is 16.0. The number of fused-ring (bicyclic) bond motifs is 4. The van der Waals surface area contributed by atoms with Gasteiger partial charge in [0.1, 0.15) is 0 Å². The minimum absolute atomic E-state index is 0.0473. The van der Waals surface area contributed by atoms with Gasteiger partial charge in [0.05, 0.1) is 6.04 Å². The molecular weight excluding hydrogens is 302 g/mol. The van der Waals surface area contributed by atoms with Gasteiger partial charge < -0.3 is 5.32 Å². The molecule has 0 spiro atoms. The molecule has 1 unspecified atom stereocenters. The van der Waals surface area contributed by atoms with Crippen LogP contribution < -0.4 is 5.32 Å². The van der Waals surface area contributed by atoms with Crippen molar-refractivity contribution in [2.45, 2.75) is 25.3 Å². The van der Waals surface area contributed by atoms with Gasteiger partial charge in [-0.1, -0.05) is 80.6 Å². The smallest absolute Gasteiger partial charge is 0.0701 e. The third-order valence-electron chi connectivity index (χ3n) is 5.71. The molecule has 0 radical (unpaired) electrons. The number of allylic oxidation sites excluding steroid dienone is 4. The van der Waals surface area contributed by atoms with Crippen molar-refractivity contribution in [3.8, 4) is 11.1 Å². The van der Waals surface area contributed by atoms with Gasteiger partial charge in [-0.15, -0.1) is 0 Å². The number of nitrogens with one attached hydrogen (secondary N) is 1. The van der Waals surface area contributed by atoms with Crippen molar-refractivity contribution in [2.75, 3.05) is 0 Å². The van der Waals surface area contributed by atoms with E-state index in [9.17, 15) is 0 Å². The van der Waals surface area contributed by atoms with Crippen LogP contribution in [0.25, 0.3) is 16.8 Å². The second-order valence-corrected chi connectivity index (χ2v) is 7.54. The molecule has 0 saturated carbocycles. The lowest BCUT2D eigenvalue weighted by Crippen LogP contribution is -2.30. The van der Waals surface area contributed by atoms with E-state index in [-0.39, 0.29) is 11.5 Å². The summed E-state index contributed by atoms with van der Waals surface area (Å²) < 4.78 is 0. The van der Waals surface area contributed by atoms with Gasteiger partial charge in [-0.25, -0.2) is 0 Å². The molecule has 1 N–H and O–H groups in total. The van der Waals surface area contributed by atoms with Crippen molar-refractivity contribution in [1.82, 2.24) is 5.32 Å². The first-order valence-electron chi connectivity index (χ1n) is 8.93. The summed E-state index contributed by atoms with van der Waals surface area (Å²) in [6.07, 6.45) is 13.0. The molecular formula is C24H21N. The van der Waals surface area contributed by atoms with Crippen LogP contribution in [0.2, 0.25) is 0 Å². The molecule has 1 nitrogen and oxygen atoms in total. The molecule has 3 aliphatic rings. The predicted octanol–water partition coefficient (Wildman–Crippen LogP) is 5.36. The van der Waals surface area contributed by atoms with Gasteiger partial charge in [-0.3, -0.25) is 0 Å². The molecule has 0 aromatic heterocycles. The monoisotopic (exact) mass is 323 g/mol. The van der Waals surface area contributed by atoms with Gasteiger partial charge in [0.2, 0.25) is 0 Å². The summed E-state index contributed by atoms with van der Waals surface area (Å²) in [7, 11) is 0. The van der Waals surface area contributed by atoms with Crippen molar-refractivity contribution < 1.29 is 0 Å². The van der Waals surface area contributed by atoms with Crippen LogP contribution >= 0.6 is 0 Å². The van der Waals surface area contributed by atoms with Gasteiger partial charge >= 0.3 is 0 Å². The second kappa shape index (κ2) is 5.10. The standard InChI is InChI=1S/C24H21N/c1-24(2)20-9-5-4-8-18(20)19-13-11-17(15-21(19)24)23-14-12-16-7-3-6-10-22(16)25-23/h3-15,22,25H,1-2H3. The van der Waals surface area contributed by atoms with Crippen molar-refractivity contribution in [3.63, 3.8) is 0 Å². The fourth-order valence-electron chi connectivity index (χ4n) is 4.29. The largest absolute Gasteiger partial charge is 0.374 e. The lowest BCUT2D eigenvalue weighted by Gasteiger charge is -2.26. The molecule has 2 aromatic rings. The van der Waals surface area contributed by atoms with Gasteiger partial charge in [-0.05, 0) is 45.5 Å². The first-order valence-corrected chi connectivity index (χ1v) is 8.93. The summed E-state index contributed by atoms with van der Waals surface area (Å²) in [6.45, 7) is 4.66. The van der Waals surface area contributed by atoms with E-state index in [1.807, 2.05) is 0 Å². The summed E-state index contributed by atoms with van der Waals surface area (Å²) in [5.41, 5.74) is 9.42. The van der Waals surface area contributed by atoms with Crippen LogP contribution in [0.1, 0.15) is 30.5 Å². The van der Waals surface area contributed by atoms with Crippen LogP contribution in [-0.2, 0) is 5.41 Å². The molecule has 1 aliphatic heterocycles. The highest BCUT2D eigenvalue weighted by molar-refractivity contribution is 5.83. The van der Waals surface area contributed by atoms with E-state index >= 15 is 0 Å². The van der Waals surface area contributed by atoms with E-state index < -0.39 is 0 Å². The van der Waals surface area contributed by atoms with Crippen LogP contribution in [0.3, 0.4) is 0 Å². The molecule has 122 valence electrons. The fraction of sp³-hybridized carbons (Fsp3) is 0.167. The van der Waals surface area contributed by atoms with Crippen LogP contribution in [0.15, 0.2) is 84.5 Å². The average Bonchev–Trinajstić information content (AvgIpc) is 2.89. The second-order valence-electron chi connectivity index (χ2n) is 7.54. The van der Waals surface area contributed by atoms with E-state index in [0.29, 0.717) is 0 Å². The van der Waals surface area contributed by atoms with Crippen LogP contribution in [0.5, 0.6) is 0 Å². The SMILES string of the molecule is CC1(C)c2ccccc2-c2ccc(C3=CC=C4C=CC=CC4N3)cc21. The maximum absolute atomic E-state index is 3.67. The molecule has 1 atom stereocenters. The highest BCUT2D eigenvalue weighted by atomic mass is 14.9. The van der Waals surface area contributed by atoms with Gasteiger partial charge in [0.15, 0.2) is 0 Å². The predicted molar refractivity (Wildman–Crippen MR) is 105 cm³/mol. The van der Waals surface area contributed by atoms with Gasteiger partial charge in [0, 0.05) is 11.1 Å². The Labute approximate surface area is 149 Å². The van der Waals surface area contributed by atoms with E-state index in [0.717, 1.165) is 0 Å². The van der Waals surface area contributed by atoms with Gasteiger partial charge in [0.25, 0.3) is 0 Å². The number of hydrogen-bond donors (Lipinski definition) is 1. The molecule has 2 aromatic carbocycles. The Morgan fingerprint density at radius 3 is 2.64 bits per heavy atom. The van der Waals surface area contributed by atoms with Crippen molar-refractivity contribution in [2.24, 2.45) is 0 Å². The molecule has 1 heteroatoms. The van der Waals surface area contributed by atoms with Crippen molar-refractivity contribution >= 4 is 5.70 Å². The Balaban J connectivity index is 1.60. The molecule has 1 heterocycles. The van der Waals surface area contributed by atoms with Crippen molar-refractivity contribution in [1.29, 1.82) is 0 Å². The zero-order valence-corrected chi connectivity index (χ0v) is 14.6. The minimum Gasteiger partial charge on any atom is -0.374 e. The Bertz CT molecular complexity index is 999. The van der Waals surface area contributed by atoms with E-state index in [4.69, 9.17) is 0 Å². The Morgan fingerprint density at radius 2 is 1.72 bits per heavy atom. The summed E-state index contributed by atoms with van der Waals surface area (Å²) in [5.74, 6) is 0. The molecule has 2 aliphatic carbocycles. The number of rotatable bonds is 1. The lowest BCUT2D eigenvalue weighted by molar-refractivity contribution is 0.660. The maximum atomic E-state index is 3.67. The van der Waals surface area contributed by atoms with E-state index in [1.54, 1.807) is 0 Å². The maximum Gasteiger partial charge on any atom is 0.0701 e. The Hall–Kier alpha value is -2.80. The average molecular weight is 323 g/mol. The summed E-state index contributed by atoms with van der Waals surface area (Å²) in [4.78, 5) is 0. The zero-order valence-electron chi connectivity index (χ0n) is 14.6. The first kappa shape index (κ1) is 14.5. The summed E-state index contributed by atoms with van der Waals surface area (Å²) >= 11 is 0. The highest BCUT2D eigenvalue weighted by Gasteiger charge is 2.35. The quantitative estimate of drug-likeness (QED) is 0.745. The highest BCUT2D eigenvalue weighted by Crippen LogP contribution is 2.49. The molecule has 0 amide bonds. The number of dihydropyridines is 1. The molecule has 25 heavy (non-hydrogen) atoms. The third kappa shape index (κ3) is 2.09. The van der Waals surface area contributed by atoms with Crippen LogP contribution in [0.4, 0.5) is 0 Å². The van der Waals surface area contributed by atoms with Crippen LogP contribution in [-0.4, -0.2) is 6.04 Å². The topological polar surface area (TPSA) is 12.0 Å². The minimum atomic E-state index is 0.0473. The van der Waals surface area contributed by atoms with E-state index in [1.165, 1.54) is 39.1 Å². The number of benzene rings is 2. The zero-order chi connectivity index (χ0) is 17.0. The normalized spacial score (nSPS) is 21.6. The Kier molecular flexibility index (Phi) is 2.96. The first-order chi connectivity index (χ1) is 12.1. The summed E-state index contributed by atoms with van der Waals surface area (Å²) in [5, 5.41) is 3.67.